The van der Waals surface area contributed by atoms with Crippen molar-refractivity contribution in [3.05, 3.63) is 28.7 Å². The zero-order valence-electron chi connectivity index (χ0n) is 15.7. The Balaban J connectivity index is 1.81. The number of nitrogens with one attached hydrogen (secondary N) is 3. The van der Waals surface area contributed by atoms with Crippen LogP contribution in [0.5, 0.6) is 0 Å². The van der Waals surface area contributed by atoms with E-state index in [0.29, 0.717) is 25.2 Å². The van der Waals surface area contributed by atoms with Crippen molar-refractivity contribution in [3.8, 4) is 0 Å². The molecule has 2 rings (SSSR count). The number of quaternary nitrogens is 1. The Morgan fingerprint density at radius 1 is 1.19 bits per heavy atom. The van der Waals surface area contributed by atoms with Gasteiger partial charge in [-0.25, -0.2) is 10.2 Å². The first-order chi connectivity index (χ1) is 12.5. The van der Waals surface area contributed by atoms with Crippen LogP contribution in [0, 0.1) is 5.92 Å². The lowest BCUT2D eigenvalue weighted by Gasteiger charge is -2.45. The average molecular weight is 441 g/mol. The summed E-state index contributed by atoms with van der Waals surface area (Å²) in [6.07, 6.45) is -0.358. The van der Waals surface area contributed by atoms with Crippen molar-refractivity contribution in [2.24, 2.45) is 5.92 Å². The summed E-state index contributed by atoms with van der Waals surface area (Å²) >= 11 is 3.30. The van der Waals surface area contributed by atoms with Crippen molar-refractivity contribution in [1.82, 2.24) is 10.9 Å². The van der Waals surface area contributed by atoms with E-state index in [0.717, 1.165) is 4.47 Å². The van der Waals surface area contributed by atoms with Gasteiger partial charge in [-0.1, -0.05) is 15.9 Å². The van der Waals surface area contributed by atoms with Gasteiger partial charge in [0, 0.05) is 28.9 Å². The summed E-state index contributed by atoms with van der Waals surface area (Å²) in [5, 5.41) is 14.3. The zero-order chi connectivity index (χ0) is 20.2. The molecule has 0 spiro atoms. The molecule has 0 aliphatic carbocycles. The van der Waals surface area contributed by atoms with Gasteiger partial charge in [0.05, 0.1) is 18.6 Å². The monoisotopic (exact) mass is 440 g/mol. The highest BCUT2D eigenvalue weighted by molar-refractivity contribution is 9.10. The third kappa shape index (κ3) is 5.20. The van der Waals surface area contributed by atoms with E-state index in [2.05, 4.69) is 32.1 Å². The number of hydrazine groups is 1. The maximum atomic E-state index is 12.1. The third-order valence-electron chi connectivity index (χ3n) is 5.01. The summed E-state index contributed by atoms with van der Waals surface area (Å²) < 4.78 is 0.724. The Kier molecular flexibility index (Phi) is 6.48. The van der Waals surface area contributed by atoms with E-state index in [1.54, 1.807) is 24.3 Å². The molecule has 27 heavy (non-hydrogen) atoms. The Labute approximate surface area is 167 Å². The molecule has 1 fully saturated rings. The van der Waals surface area contributed by atoms with Gasteiger partial charge in [-0.2, -0.15) is 0 Å². The van der Waals surface area contributed by atoms with E-state index < -0.39 is 17.7 Å². The molecule has 4 amide bonds. The zero-order valence-corrected chi connectivity index (χ0v) is 17.3. The van der Waals surface area contributed by atoms with Crippen LogP contribution in [0.2, 0.25) is 0 Å². The second-order valence-corrected chi connectivity index (χ2v) is 8.72. The molecule has 3 N–H and O–H groups in total. The molecule has 1 unspecified atom stereocenters. The summed E-state index contributed by atoms with van der Waals surface area (Å²) in [5.74, 6) is -0.448. The second-order valence-electron chi connectivity index (χ2n) is 7.80. The van der Waals surface area contributed by atoms with Gasteiger partial charge in [0.2, 0.25) is 5.91 Å². The smallest absolute Gasteiger partial charge is 0.337 e. The summed E-state index contributed by atoms with van der Waals surface area (Å²) in [6, 6.07) is 6.44. The highest BCUT2D eigenvalue weighted by atomic mass is 79.9. The van der Waals surface area contributed by atoms with Gasteiger partial charge < -0.3 is 15.2 Å². The molecule has 0 bridgehead atoms. The number of amides is 4. The van der Waals surface area contributed by atoms with Crippen LogP contribution in [-0.4, -0.2) is 41.1 Å². The van der Waals surface area contributed by atoms with Crippen LogP contribution in [0.3, 0.4) is 0 Å². The number of likely N-dealkylation sites (tertiary alicyclic amines) is 1. The number of carbonyl (C=O) groups excluding carboxylic acids is 3. The van der Waals surface area contributed by atoms with Crippen molar-refractivity contribution < 1.29 is 24.0 Å². The fraction of sp³-hybridized carbons (Fsp3) is 0.500. The minimum atomic E-state index is -1.11. The number of anilines is 1. The molecular weight excluding hydrogens is 416 g/mol. The van der Waals surface area contributed by atoms with Crippen molar-refractivity contribution in [3.63, 3.8) is 0 Å². The molecule has 1 aliphatic heterocycles. The van der Waals surface area contributed by atoms with Gasteiger partial charge >= 0.3 is 6.03 Å². The Morgan fingerprint density at radius 3 is 2.33 bits per heavy atom. The van der Waals surface area contributed by atoms with Crippen LogP contribution in [0.25, 0.3) is 0 Å². The van der Waals surface area contributed by atoms with Crippen LogP contribution in [-0.2, 0) is 4.79 Å². The van der Waals surface area contributed by atoms with Gasteiger partial charge in [0.1, 0.15) is 0 Å². The molecule has 0 aromatic heterocycles. The number of rotatable bonds is 3. The molecule has 0 saturated carbocycles. The number of nitrogens with zero attached hydrogens (tertiary/aromatic N) is 1. The van der Waals surface area contributed by atoms with E-state index in [9.17, 15) is 19.5 Å². The third-order valence-corrected chi connectivity index (χ3v) is 5.54. The molecule has 2 atom stereocenters. The van der Waals surface area contributed by atoms with Gasteiger partial charge in [-0.05, 0) is 45.0 Å². The lowest BCUT2D eigenvalue weighted by Crippen LogP contribution is -2.66. The van der Waals surface area contributed by atoms with Crippen LogP contribution in [0.1, 0.15) is 33.6 Å². The lowest BCUT2D eigenvalue weighted by atomic mass is 10.0. The van der Waals surface area contributed by atoms with Crippen molar-refractivity contribution >= 4 is 39.6 Å². The molecule has 148 valence electrons. The fourth-order valence-corrected chi connectivity index (χ4v) is 3.64. The van der Waals surface area contributed by atoms with Crippen LogP contribution < -0.4 is 21.3 Å². The first-order valence-electron chi connectivity index (χ1n) is 8.73. The van der Waals surface area contributed by atoms with Crippen molar-refractivity contribution in [2.45, 2.75) is 39.2 Å². The van der Waals surface area contributed by atoms with E-state index in [1.807, 2.05) is 20.8 Å². The molecule has 9 heteroatoms. The SMILES string of the molecule is CC(C)(C)[N+]1(C(=O)[O-])CC[C@@H](CC(=O)NNC(=O)Nc2ccc(Br)cc2)C1. The van der Waals surface area contributed by atoms with E-state index in [4.69, 9.17) is 0 Å². The van der Waals surface area contributed by atoms with E-state index in [-0.39, 0.29) is 22.7 Å². The fourth-order valence-electron chi connectivity index (χ4n) is 3.38. The van der Waals surface area contributed by atoms with Gasteiger partial charge in [0.25, 0.3) is 6.09 Å². The molecular formula is C18H25BrN4O4. The van der Waals surface area contributed by atoms with Crippen LogP contribution in [0.15, 0.2) is 28.7 Å². The average Bonchev–Trinajstić information content (AvgIpc) is 3.00. The molecule has 8 nitrogen and oxygen atoms in total. The highest BCUT2D eigenvalue weighted by Gasteiger charge is 2.48. The molecule has 1 heterocycles. The standard InChI is InChI=1S/C18H25BrN4O4/c1-18(2,3)23(17(26)27)9-8-12(11-23)10-15(24)21-22-16(25)20-14-6-4-13(19)5-7-14/h4-7,12H,8-11H2,1-3H3,(H3-,20,21,22,24,25,26,27)/t12-,23?/m0/s1. The number of benzene rings is 1. The van der Waals surface area contributed by atoms with Gasteiger partial charge in [0.15, 0.2) is 0 Å². The number of carboxylic acid groups (broad SMARTS) is 1. The Morgan fingerprint density at radius 2 is 1.81 bits per heavy atom. The highest BCUT2D eigenvalue weighted by Crippen LogP contribution is 2.35. The first kappa shape index (κ1) is 21.2. The molecule has 1 saturated heterocycles. The topological polar surface area (TPSA) is 110 Å². The summed E-state index contributed by atoms with van der Waals surface area (Å²) in [4.78, 5) is 35.6. The molecule has 1 aromatic carbocycles. The number of carbonyl (C=O) groups is 3. The quantitative estimate of drug-likeness (QED) is 0.492. The van der Waals surface area contributed by atoms with E-state index in [1.165, 1.54) is 0 Å². The predicted molar refractivity (Wildman–Crippen MR) is 102 cm³/mol. The van der Waals surface area contributed by atoms with Crippen LogP contribution in [0.4, 0.5) is 15.3 Å². The molecule has 1 aliphatic rings. The number of hydrogen-bond donors (Lipinski definition) is 3. The maximum absolute atomic E-state index is 12.1. The minimum absolute atomic E-state index is 0.0848. The minimum Gasteiger partial charge on any atom is -0.498 e. The first-order valence-corrected chi connectivity index (χ1v) is 9.53. The number of hydrogen-bond acceptors (Lipinski definition) is 4. The maximum Gasteiger partial charge on any atom is 0.337 e. The summed E-state index contributed by atoms with van der Waals surface area (Å²) in [6.45, 7) is 6.35. The lowest BCUT2D eigenvalue weighted by molar-refractivity contribution is -0.910. The number of urea groups is 1. The van der Waals surface area contributed by atoms with Crippen LogP contribution >= 0.6 is 15.9 Å². The van der Waals surface area contributed by atoms with Gasteiger partial charge in [-0.15, -0.1) is 0 Å². The van der Waals surface area contributed by atoms with Crippen molar-refractivity contribution in [2.75, 3.05) is 18.4 Å². The van der Waals surface area contributed by atoms with Gasteiger partial charge in [-0.3, -0.25) is 14.7 Å². The summed E-state index contributed by atoms with van der Waals surface area (Å²) in [7, 11) is 0. The normalized spacial score (nSPS) is 22.1. The molecule has 1 aromatic rings. The summed E-state index contributed by atoms with van der Waals surface area (Å²) in [5.41, 5.74) is 4.73. The van der Waals surface area contributed by atoms with Crippen molar-refractivity contribution in [1.29, 1.82) is 0 Å². The second kappa shape index (κ2) is 8.26. The molecule has 0 radical (unpaired) electrons. The largest absolute Gasteiger partial charge is 0.498 e. The van der Waals surface area contributed by atoms with E-state index >= 15 is 0 Å². The Hall–Kier alpha value is -2.13. The predicted octanol–water partition coefficient (Wildman–Crippen LogP) is 1.97. The Bertz CT molecular complexity index is 717. The number of halogens is 1.